The van der Waals surface area contributed by atoms with Crippen LogP contribution in [-0.2, 0) is 20.3 Å². The molecule has 0 rings (SSSR count). The quantitative estimate of drug-likeness (QED) is 0.528. The SMILES string of the molecule is CC(C)OCCOCC(O)CNCC(C)S(C)=O. The molecule has 3 atom stereocenters. The molecule has 110 valence electrons. The molecule has 0 heterocycles. The van der Waals surface area contributed by atoms with Crippen molar-refractivity contribution in [3.8, 4) is 0 Å². The minimum absolute atomic E-state index is 0.0950. The molecule has 0 aliphatic heterocycles. The maximum Gasteiger partial charge on any atom is 0.0897 e. The summed E-state index contributed by atoms with van der Waals surface area (Å²) in [6.45, 7) is 8.26. The smallest absolute Gasteiger partial charge is 0.0897 e. The number of aliphatic hydroxyl groups excluding tert-OH is 1. The minimum atomic E-state index is -0.830. The lowest BCUT2D eigenvalue weighted by Crippen LogP contribution is -2.35. The Morgan fingerprint density at radius 2 is 1.89 bits per heavy atom. The van der Waals surface area contributed by atoms with Crippen LogP contribution in [0.4, 0.5) is 0 Å². The zero-order chi connectivity index (χ0) is 14.0. The van der Waals surface area contributed by atoms with Crippen LogP contribution in [0.25, 0.3) is 0 Å². The van der Waals surface area contributed by atoms with E-state index < -0.39 is 16.9 Å². The molecule has 0 aromatic heterocycles. The van der Waals surface area contributed by atoms with Crippen LogP contribution in [0.1, 0.15) is 20.8 Å². The molecule has 0 fully saturated rings. The standard InChI is InChI=1S/C12H27NO4S/c1-10(2)17-6-5-16-9-12(14)8-13-7-11(3)18(4)15/h10-14H,5-9H2,1-4H3. The normalized spacial score (nSPS) is 16.8. The Labute approximate surface area is 113 Å². The van der Waals surface area contributed by atoms with E-state index in [2.05, 4.69) is 5.32 Å². The first-order valence-electron chi connectivity index (χ1n) is 6.33. The third kappa shape index (κ3) is 11.1. The predicted octanol–water partition coefficient (Wildman–Crippen LogP) is 0.146. The highest BCUT2D eigenvalue weighted by atomic mass is 32.2. The number of rotatable bonds is 11. The van der Waals surface area contributed by atoms with Gasteiger partial charge in [0.1, 0.15) is 0 Å². The highest BCUT2D eigenvalue weighted by molar-refractivity contribution is 7.84. The van der Waals surface area contributed by atoms with Crippen molar-refractivity contribution in [1.82, 2.24) is 5.32 Å². The first-order valence-corrected chi connectivity index (χ1v) is 7.96. The van der Waals surface area contributed by atoms with Gasteiger partial charge in [-0.25, -0.2) is 0 Å². The van der Waals surface area contributed by atoms with Gasteiger partial charge >= 0.3 is 0 Å². The van der Waals surface area contributed by atoms with Gasteiger partial charge in [0.2, 0.25) is 0 Å². The molecular weight excluding hydrogens is 254 g/mol. The molecule has 0 aromatic carbocycles. The number of hydrogen-bond donors (Lipinski definition) is 2. The van der Waals surface area contributed by atoms with E-state index in [-0.39, 0.29) is 18.0 Å². The van der Waals surface area contributed by atoms with Gasteiger partial charge in [-0.3, -0.25) is 4.21 Å². The van der Waals surface area contributed by atoms with Gasteiger partial charge in [-0.1, -0.05) is 0 Å². The van der Waals surface area contributed by atoms with Crippen LogP contribution in [0.3, 0.4) is 0 Å². The molecule has 0 amide bonds. The van der Waals surface area contributed by atoms with Crippen LogP contribution < -0.4 is 5.32 Å². The molecule has 0 saturated heterocycles. The van der Waals surface area contributed by atoms with Gasteiger partial charge in [0, 0.05) is 35.4 Å². The van der Waals surface area contributed by atoms with E-state index in [1.54, 1.807) is 6.26 Å². The second-order valence-corrected chi connectivity index (χ2v) is 6.42. The van der Waals surface area contributed by atoms with Crippen molar-refractivity contribution in [2.75, 3.05) is 39.2 Å². The molecule has 0 spiro atoms. The maximum absolute atomic E-state index is 11.1. The maximum atomic E-state index is 11.1. The zero-order valence-electron chi connectivity index (χ0n) is 11.8. The van der Waals surface area contributed by atoms with Gasteiger partial charge in [-0.15, -0.1) is 0 Å². The van der Waals surface area contributed by atoms with Gasteiger partial charge in [0.25, 0.3) is 0 Å². The van der Waals surface area contributed by atoms with E-state index in [4.69, 9.17) is 9.47 Å². The monoisotopic (exact) mass is 281 g/mol. The Bertz CT molecular complexity index is 226. The average Bonchev–Trinajstić information content (AvgIpc) is 2.27. The largest absolute Gasteiger partial charge is 0.389 e. The summed E-state index contributed by atoms with van der Waals surface area (Å²) in [5.41, 5.74) is 0. The van der Waals surface area contributed by atoms with Crippen LogP contribution in [0.5, 0.6) is 0 Å². The van der Waals surface area contributed by atoms with Crippen molar-refractivity contribution < 1.29 is 18.8 Å². The van der Waals surface area contributed by atoms with Crippen molar-refractivity contribution >= 4 is 10.8 Å². The molecule has 18 heavy (non-hydrogen) atoms. The van der Waals surface area contributed by atoms with Gasteiger partial charge < -0.3 is 19.9 Å². The fraction of sp³-hybridized carbons (Fsp3) is 1.00. The summed E-state index contributed by atoms with van der Waals surface area (Å²) < 4.78 is 21.7. The van der Waals surface area contributed by atoms with Gasteiger partial charge in [0.05, 0.1) is 32.0 Å². The lowest BCUT2D eigenvalue weighted by Gasteiger charge is -2.14. The molecule has 0 aliphatic carbocycles. The van der Waals surface area contributed by atoms with Gasteiger partial charge in [-0.2, -0.15) is 0 Å². The lowest BCUT2D eigenvalue weighted by atomic mass is 10.3. The van der Waals surface area contributed by atoms with E-state index in [0.717, 1.165) is 0 Å². The average molecular weight is 281 g/mol. The summed E-state index contributed by atoms with van der Waals surface area (Å²) in [5, 5.41) is 12.8. The Morgan fingerprint density at radius 1 is 1.22 bits per heavy atom. The molecule has 0 aliphatic rings. The number of ether oxygens (including phenoxy) is 2. The fourth-order valence-electron chi connectivity index (χ4n) is 1.19. The van der Waals surface area contributed by atoms with E-state index >= 15 is 0 Å². The first-order chi connectivity index (χ1) is 8.43. The summed E-state index contributed by atoms with van der Waals surface area (Å²) in [6.07, 6.45) is 1.35. The lowest BCUT2D eigenvalue weighted by molar-refractivity contribution is -0.00989. The van der Waals surface area contributed by atoms with Gasteiger partial charge in [-0.05, 0) is 20.8 Å². The summed E-state index contributed by atoms with van der Waals surface area (Å²) in [6, 6.07) is 0. The van der Waals surface area contributed by atoms with Crippen molar-refractivity contribution in [1.29, 1.82) is 0 Å². The van der Waals surface area contributed by atoms with E-state index in [1.165, 1.54) is 0 Å². The topological polar surface area (TPSA) is 67.8 Å². The summed E-state index contributed by atoms with van der Waals surface area (Å²) in [5.74, 6) is 0. The van der Waals surface area contributed by atoms with Crippen LogP contribution in [-0.4, -0.2) is 65.9 Å². The summed E-state index contributed by atoms with van der Waals surface area (Å²) >= 11 is 0. The summed E-state index contributed by atoms with van der Waals surface area (Å²) in [7, 11) is -0.830. The molecule has 2 N–H and O–H groups in total. The van der Waals surface area contributed by atoms with E-state index in [0.29, 0.717) is 26.3 Å². The van der Waals surface area contributed by atoms with Crippen molar-refractivity contribution in [2.45, 2.75) is 38.2 Å². The highest BCUT2D eigenvalue weighted by Crippen LogP contribution is 1.91. The van der Waals surface area contributed by atoms with Crippen LogP contribution in [0.15, 0.2) is 0 Å². The third-order valence-electron chi connectivity index (χ3n) is 2.37. The van der Waals surface area contributed by atoms with Crippen LogP contribution in [0, 0.1) is 0 Å². The van der Waals surface area contributed by atoms with E-state index in [9.17, 15) is 9.32 Å². The third-order valence-corrected chi connectivity index (χ3v) is 3.67. The second-order valence-electron chi connectivity index (χ2n) is 4.62. The molecular formula is C12H27NO4S. The Hall–Kier alpha value is -0.0100. The number of aliphatic hydroxyl groups is 1. The molecule has 0 radical (unpaired) electrons. The molecule has 5 nitrogen and oxygen atoms in total. The number of hydrogen-bond acceptors (Lipinski definition) is 5. The predicted molar refractivity (Wildman–Crippen MR) is 74.3 cm³/mol. The van der Waals surface area contributed by atoms with Gasteiger partial charge in [0.15, 0.2) is 0 Å². The highest BCUT2D eigenvalue weighted by Gasteiger charge is 2.08. The minimum Gasteiger partial charge on any atom is -0.389 e. The second kappa shape index (κ2) is 10.9. The van der Waals surface area contributed by atoms with Crippen molar-refractivity contribution in [2.24, 2.45) is 0 Å². The molecule has 0 saturated carbocycles. The van der Waals surface area contributed by atoms with Crippen molar-refractivity contribution in [3.05, 3.63) is 0 Å². The molecule has 0 bridgehead atoms. The molecule has 0 aromatic rings. The Morgan fingerprint density at radius 3 is 2.44 bits per heavy atom. The van der Waals surface area contributed by atoms with Crippen LogP contribution in [0.2, 0.25) is 0 Å². The Balaban J connectivity index is 3.37. The van der Waals surface area contributed by atoms with Crippen LogP contribution >= 0.6 is 0 Å². The Kier molecular flexibility index (Phi) is 10.9. The number of nitrogens with one attached hydrogen (secondary N) is 1. The molecule has 3 unspecified atom stereocenters. The summed E-state index contributed by atoms with van der Waals surface area (Å²) in [4.78, 5) is 0. The molecule has 6 heteroatoms. The van der Waals surface area contributed by atoms with E-state index in [1.807, 2.05) is 20.8 Å². The zero-order valence-corrected chi connectivity index (χ0v) is 12.7. The van der Waals surface area contributed by atoms with Crippen molar-refractivity contribution in [3.63, 3.8) is 0 Å². The fourth-order valence-corrected chi connectivity index (χ4v) is 1.54. The first kappa shape index (κ1) is 18.0.